The molecule has 2 saturated heterocycles. The van der Waals surface area contributed by atoms with E-state index in [0.29, 0.717) is 12.0 Å². The second-order valence-electron chi connectivity index (χ2n) is 6.32. The minimum Gasteiger partial charge on any atom is -0.378 e. The predicted molar refractivity (Wildman–Crippen MR) is 81.2 cm³/mol. The first kappa shape index (κ1) is 13.8. The lowest BCUT2D eigenvalue weighted by Crippen LogP contribution is -2.56. The highest BCUT2D eigenvalue weighted by molar-refractivity contribution is 5.45. The van der Waals surface area contributed by atoms with Crippen LogP contribution in [0.15, 0.2) is 18.3 Å². The van der Waals surface area contributed by atoms with Crippen LogP contribution in [-0.2, 0) is 11.2 Å². The molecular formula is C16H25N3O. The number of ether oxygens (including phenoxy) is 1. The highest BCUT2D eigenvalue weighted by Crippen LogP contribution is 2.19. The Kier molecular flexibility index (Phi) is 4.22. The summed E-state index contributed by atoms with van der Waals surface area (Å²) in [6, 6.07) is 5.08. The van der Waals surface area contributed by atoms with Crippen molar-refractivity contribution in [3.63, 3.8) is 0 Å². The van der Waals surface area contributed by atoms with Gasteiger partial charge in [0.05, 0.1) is 31.1 Å². The normalized spacial score (nSPS) is 21.2. The maximum atomic E-state index is 5.28. The summed E-state index contributed by atoms with van der Waals surface area (Å²) >= 11 is 0. The maximum Gasteiger partial charge on any atom is 0.0645 e. The SMILES string of the molecule is CC(C)Cc1ccc(N2CCN(C3COC3)CC2)cn1. The van der Waals surface area contributed by atoms with Crippen LogP contribution in [0.2, 0.25) is 0 Å². The first-order valence-corrected chi connectivity index (χ1v) is 7.74. The third-order valence-electron chi connectivity index (χ3n) is 4.24. The first-order valence-electron chi connectivity index (χ1n) is 7.74. The van der Waals surface area contributed by atoms with Gasteiger partial charge in [0.25, 0.3) is 0 Å². The van der Waals surface area contributed by atoms with Crippen LogP contribution in [0.5, 0.6) is 0 Å². The third kappa shape index (κ3) is 3.13. The van der Waals surface area contributed by atoms with Crippen LogP contribution >= 0.6 is 0 Å². The monoisotopic (exact) mass is 275 g/mol. The van der Waals surface area contributed by atoms with Gasteiger partial charge < -0.3 is 9.64 Å². The molecular weight excluding hydrogens is 250 g/mol. The third-order valence-corrected chi connectivity index (χ3v) is 4.24. The number of anilines is 1. The lowest BCUT2D eigenvalue weighted by Gasteiger charge is -2.43. The van der Waals surface area contributed by atoms with Gasteiger partial charge in [0.2, 0.25) is 0 Å². The highest BCUT2D eigenvalue weighted by atomic mass is 16.5. The standard InChI is InChI=1S/C16H25N3O/c1-13(2)9-14-3-4-15(10-17-14)18-5-7-19(8-6-18)16-11-20-12-16/h3-4,10,13,16H,5-9,11-12H2,1-2H3. The van der Waals surface area contributed by atoms with Crippen molar-refractivity contribution in [2.45, 2.75) is 26.3 Å². The Morgan fingerprint density at radius 2 is 1.95 bits per heavy atom. The summed E-state index contributed by atoms with van der Waals surface area (Å²) in [5.41, 5.74) is 2.47. The molecule has 2 fully saturated rings. The Bertz CT molecular complexity index is 420. The molecule has 0 atom stereocenters. The molecule has 0 aliphatic carbocycles. The summed E-state index contributed by atoms with van der Waals surface area (Å²) in [6.45, 7) is 10.8. The van der Waals surface area contributed by atoms with Crippen LogP contribution in [0.1, 0.15) is 19.5 Å². The van der Waals surface area contributed by atoms with Crippen LogP contribution in [0.4, 0.5) is 5.69 Å². The van der Waals surface area contributed by atoms with Gasteiger partial charge in [-0.3, -0.25) is 9.88 Å². The van der Waals surface area contributed by atoms with E-state index in [1.807, 2.05) is 6.20 Å². The molecule has 0 amide bonds. The molecule has 4 nitrogen and oxygen atoms in total. The molecule has 20 heavy (non-hydrogen) atoms. The molecule has 2 aliphatic rings. The van der Waals surface area contributed by atoms with Crippen molar-refractivity contribution in [2.24, 2.45) is 5.92 Å². The van der Waals surface area contributed by atoms with Crippen LogP contribution < -0.4 is 4.90 Å². The van der Waals surface area contributed by atoms with E-state index >= 15 is 0 Å². The van der Waals surface area contributed by atoms with Gasteiger partial charge in [-0.2, -0.15) is 0 Å². The molecule has 0 N–H and O–H groups in total. The van der Waals surface area contributed by atoms with Gasteiger partial charge in [-0.1, -0.05) is 13.8 Å². The molecule has 3 heterocycles. The lowest BCUT2D eigenvalue weighted by atomic mass is 10.1. The number of rotatable bonds is 4. The van der Waals surface area contributed by atoms with Crippen LogP contribution in [0.25, 0.3) is 0 Å². The van der Waals surface area contributed by atoms with Crippen molar-refractivity contribution in [2.75, 3.05) is 44.3 Å². The Morgan fingerprint density at radius 3 is 2.45 bits per heavy atom. The van der Waals surface area contributed by atoms with Crippen LogP contribution in [0, 0.1) is 5.92 Å². The van der Waals surface area contributed by atoms with E-state index in [9.17, 15) is 0 Å². The predicted octanol–water partition coefficient (Wildman–Crippen LogP) is 1.80. The number of aromatic nitrogens is 1. The molecule has 0 bridgehead atoms. The number of pyridine rings is 1. The first-order chi connectivity index (χ1) is 9.72. The Labute approximate surface area is 121 Å². The van der Waals surface area contributed by atoms with Crippen molar-refractivity contribution in [1.82, 2.24) is 9.88 Å². The summed E-state index contributed by atoms with van der Waals surface area (Å²) in [5, 5.41) is 0. The van der Waals surface area contributed by atoms with E-state index in [0.717, 1.165) is 45.8 Å². The summed E-state index contributed by atoms with van der Waals surface area (Å²) in [4.78, 5) is 9.60. The Morgan fingerprint density at radius 1 is 1.20 bits per heavy atom. The molecule has 1 aromatic heterocycles. The molecule has 0 spiro atoms. The molecule has 110 valence electrons. The molecule has 0 aromatic carbocycles. The number of nitrogens with zero attached hydrogens (tertiary/aromatic N) is 3. The quantitative estimate of drug-likeness (QED) is 0.838. The maximum absolute atomic E-state index is 5.28. The van der Waals surface area contributed by atoms with Crippen molar-refractivity contribution < 1.29 is 4.74 Å². The Hall–Kier alpha value is -1.13. The minimum absolute atomic E-state index is 0.668. The minimum atomic E-state index is 0.668. The lowest BCUT2D eigenvalue weighted by molar-refractivity contribution is -0.0660. The van der Waals surface area contributed by atoms with Crippen molar-refractivity contribution in [1.29, 1.82) is 0 Å². The van der Waals surface area contributed by atoms with Gasteiger partial charge in [0.1, 0.15) is 0 Å². The van der Waals surface area contributed by atoms with Gasteiger partial charge in [0, 0.05) is 31.9 Å². The summed E-state index contributed by atoms with van der Waals surface area (Å²) in [5.74, 6) is 0.668. The summed E-state index contributed by atoms with van der Waals surface area (Å²) < 4.78 is 5.28. The van der Waals surface area contributed by atoms with Gasteiger partial charge in [-0.15, -0.1) is 0 Å². The van der Waals surface area contributed by atoms with E-state index in [2.05, 4.69) is 40.8 Å². The molecule has 3 rings (SSSR count). The number of piperazine rings is 1. The zero-order valence-corrected chi connectivity index (χ0v) is 12.6. The van der Waals surface area contributed by atoms with Gasteiger partial charge in [-0.05, 0) is 24.5 Å². The van der Waals surface area contributed by atoms with Crippen molar-refractivity contribution in [3.05, 3.63) is 24.0 Å². The number of hydrogen-bond acceptors (Lipinski definition) is 4. The second-order valence-corrected chi connectivity index (χ2v) is 6.32. The fourth-order valence-electron chi connectivity index (χ4n) is 2.92. The second kappa shape index (κ2) is 6.10. The molecule has 1 aromatic rings. The molecule has 0 unspecified atom stereocenters. The van der Waals surface area contributed by atoms with E-state index < -0.39 is 0 Å². The zero-order chi connectivity index (χ0) is 13.9. The zero-order valence-electron chi connectivity index (χ0n) is 12.6. The average molecular weight is 275 g/mol. The smallest absolute Gasteiger partial charge is 0.0645 e. The molecule has 4 heteroatoms. The van der Waals surface area contributed by atoms with E-state index in [1.165, 1.54) is 11.4 Å². The van der Waals surface area contributed by atoms with Crippen LogP contribution in [-0.4, -0.2) is 55.3 Å². The van der Waals surface area contributed by atoms with Gasteiger partial charge in [0.15, 0.2) is 0 Å². The van der Waals surface area contributed by atoms with E-state index in [1.54, 1.807) is 0 Å². The largest absolute Gasteiger partial charge is 0.378 e. The molecule has 0 radical (unpaired) electrons. The van der Waals surface area contributed by atoms with Crippen LogP contribution in [0.3, 0.4) is 0 Å². The highest BCUT2D eigenvalue weighted by Gasteiger charge is 2.28. The topological polar surface area (TPSA) is 28.6 Å². The molecule has 0 saturated carbocycles. The van der Waals surface area contributed by atoms with Crippen molar-refractivity contribution >= 4 is 5.69 Å². The van der Waals surface area contributed by atoms with E-state index in [4.69, 9.17) is 4.74 Å². The van der Waals surface area contributed by atoms with Crippen molar-refractivity contribution in [3.8, 4) is 0 Å². The fraction of sp³-hybridized carbons (Fsp3) is 0.688. The van der Waals surface area contributed by atoms with E-state index in [-0.39, 0.29) is 0 Å². The number of hydrogen-bond donors (Lipinski definition) is 0. The molecule has 2 aliphatic heterocycles. The summed E-state index contributed by atoms with van der Waals surface area (Å²) in [6.07, 6.45) is 3.11. The van der Waals surface area contributed by atoms with Gasteiger partial charge in [-0.25, -0.2) is 0 Å². The van der Waals surface area contributed by atoms with Gasteiger partial charge >= 0.3 is 0 Å². The fourth-order valence-corrected chi connectivity index (χ4v) is 2.92. The average Bonchev–Trinajstić information content (AvgIpc) is 2.38. The Balaban J connectivity index is 1.54. The summed E-state index contributed by atoms with van der Waals surface area (Å²) in [7, 11) is 0.